The van der Waals surface area contributed by atoms with Gasteiger partial charge in [0, 0.05) is 51.7 Å². The van der Waals surface area contributed by atoms with Crippen LogP contribution in [0.2, 0.25) is 0 Å². The highest BCUT2D eigenvalue weighted by atomic mass is 32.2. The average Bonchev–Trinajstić information content (AvgIpc) is 3.09. The van der Waals surface area contributed by atoms with Gasteiger partial charge in [0.05, 0.1) is 12.1 Å². The number of hydrogen-bond acceptors (Lipinski definition) is 4. The maximum absolute atomic E-state index is 12.9. The van der Waals surface area contributed by atoms with Crippen molar-refractivity contribution in [1.29, 1.82) is 0 Å². The zero-order valence-corrected chi connectivity index (χ0v) is 14.2. The highest BCUT2D eigenvalue weighted by Crippen LogP contribution is 2.14. The number of hydrogen-bond donors (Lipinski definition) is 0. The Kier molecular flexibility index (Phi) is 5.27. The maximum atomic E-state index is 12.9. The van der Waals surface area contributed by atoms with Gasteiger partial charge in [-0.25, -0.2) is 17.8 Å². The van der Waals surface area contributed by atoms with E-state index in [0.29, 0.717) is 18.7 Å². The molecule has 1 aromatic heterocycles. The fourth-order valence-electron chi connectivity index (χ4n) is 2.79. The number of aromatic nitrogens is 2. The molecule has 1 aliphatic rings. The first kappa shape index (κ1) is 17.1. The smallest absolute Gasteiger partial charge is 0.218 e. The van der Waals surface area contributed by atoms with Crippen molar-refractivity contribution in [1.82, 2.24) is 18.8 Å². The van der Waals surface area contributed by atoms with E-state index in [1.807, 2.05) is 10.8 Å². The van der Waals surface area contributed by atoms with Crippen molar-refractivity contribution < 1.29 is 12.8 Å². The quantitative estimate of drug-likeness (QED) is 0.783. The molecule has 2 heterocycles. The van der Waals surface area contributed by atoms with Crippen LogP contribution in [0.1, 0.15) is 5.56 Å². The van der Waals surface area contributed by atoms with Crippen molar-refractivity contribution in [3.05, 3.63) is 54.4 Å². The molecule has 6 nitrogen and oxygen atoms in total. The van der Waals surface area contributed by atoms with Gasteiger partial charge in [-0.05, 0) is 17.7 Å². The Balaban J connectivity index is 1.50. The molecule has 0 amide bonds. The molecule has 0 radical (unpaired) electrons. The summed E-state index contributed by atoms with van der Waals surface area (Å²) in [7, 11) is -3.36. The average molecular weight is 352 g/mol. The molecule has 0 N–H and O–H groups in total. The Morgan fingerprint density at radius 1 is 1.04 bits per heavy atom. The molecule has 3 rings (SSSR count). The first-order valence-corrected chi connectivity index (χ1v) is 9.54. The summed E-state index contributed by atoms with van der Waals surface area (Å²) in [6.45, 7) is 4.15. The number of benzene rings is 1. The lowest BCUT2D eigenvalue weighted by atomic mass is 10.2. The molecule has 0 bridgehead atoms. The molecule has 1 fully saturated rings. The Morgan fingerprint density at radius 2 is 1.75 bits per heavy atom. The molecular weight excluding hydrogens is 331 g/mol. The molecular formula is C16H21FN4O2S. The van der Waals surface area contributed by atoms with Crippen molar-refractivity contribution >= 4 is 10.0 Å². The number of halogens is 1. The summed E-state index contributed by atoms with van der Waals surface area (Å²) in [6, 6.07) is 5.63. The third-order valence-electron chi connectivity index (χ3n) is 4.22. The van der Waals surface area contributed by atoms with Crippen LogP contribution in [0.3, 0.4) is 0 Å². The van der Waals surface area contributed by atoms with Crippen molar-refractivity contribution in [3.63, 3.8) is 0 Å². The molecule has 130 valence electrons. The standard InChI is InChI=1S/C16H21FN4O2S/c17-16-3-1-15(2-4-16)13-24(22,23)21-11-9-19(10-12-21)7-8-20-6-5-18-14-20/h1-6,14H,7-13H2. The van der Waals surface area contributed by atoms with Crippen molar-refractivity contribution in [3.8, 4) is 0 Å². The van der Waals surface area contributed by atoms with Gasteiger partial charge in [0.1, 0.15) is 5.82 Å². The van der Waals surface area contributed by atoms with Gasteiger partial charge in [-0.2, -0.15) is 4.31 Å². The molecule has 0 saturated carbocycles. The zero-order valence-electron chi connectivity index (χ0n) is 13.4. The van der Waals surface area contributed by atoms with Crippen LogP contribution < -0.4 is 0 Å². The van der Waals surface area contributed by atoms with Gasteiger partial charge in [0.15, 0.2) is 0 Å². The second kappa shape index (κ2) is 7.42. The number of piperazine rings is 1. The van der Waals surface area contributed by atoms with Crippen molar-refractivity contribution in [2.45, 2.75) is 12.3 Å². The molecule has 2 aromatic rings. The Bertz CT molecular complexity index is 739. The largest absolute Gasteiger partial charge is 0.336 e. The fraction of sp³-hybridized carbons (Fsp3) is 0.438. The molecule has 24 heavy (non-hydrogen) atoms. The molecule has 1 aromatic carbocycles. The summed E-state index contributed by atoms with van der Waals surface area (Å²) in [5.74, 6) is -0.440. The third kappa shape index (κ3) is 4.40. The van der Waals surface area contributed by atoms with Gasteiger partial charge >= 0.3 is 0 Å². The highest BCUT2D eigenvalue weighted by Gasteiger charge is 2.26. The topological polar surface area (TPSA) is 58.4 Å². The number of sulfonamides is 1. The SMILES string of the molecule is O=S(=O)(Cc1ccc(F)cc1)N1CCN(CCn2ccnc2)CC1. The minimum absolute atomic E-state index is 0.0810. The van der Waals surface area contributed by atoms with Crippen LogP contribution in [0.25, 0.3) is 0 Å². The molecule has 1 saturated heterocycles. The summed E-state index contributed by atoms with van der Waals surface area (Å²) in [4.78, 5) is 6.26. The molecule has 0 atom stereocenters. The summed E-state index contributed by atoms with van der Waals surface area (Å²) >= 11 is 0. The van der Waals surface area contributed by atoms with Gasteiger partial charge in [-0.3, -0.25) is 4.90 Å². The maximum Gasteiger partial charge on any atom is 0.218 e. The molecule has 1 aliphatic heterocycles. The normalized spacial score (nSPS) is 17.2. The lowest BCUT2D eigenvalue weighted by Crippen LogP contribution is -2.49. The van der Waals surface area contributed by atoms with Crippen LogP contribution in [-0.4, -0.2) is 59.9 Å². The van der Waals surface area contributed by atoms with E-state index in [9.17, 15) is 12.8 Å². The third-order valence-corrected chi connectivity index (χ3v) is 6.07. The van der Waals surface area contributed by atoms with Gasteiger partial charge in [0.2, 0.25) is 10.0 Å². The van der Waals surface area contributed by atoms with Gasteiger partial charge in [-0.1, -0.05) is 12.1 Å². The van der Waals surface area contributed by atoms with E-state index < -0.39 is 10.0 Å². The molecule has 0 unspecified atom stereocenters. The monoisotopic (exact) mass is 352 g/mol. The van der Waals surface area contributed by atoms with Crippen LogP contribution in [0.15, 0.2) is 43.0 Å². The van der Waals surface area contributed by atoms with E-state index in [4.69, 9.17) is 0 Å². The van der Waals surface area contributed by atoms with Crippen LogP contribution in [-0.2, 0) is 22.3 Å². The summed E-state index contributed by atoms with van der Waals surface area (Å²) < 4.78 is 41.4. The summed E-state index contributed by atoms with van der Waals surface area (Å²) in [6.07, 6.45) is 5.45. The summed E-state index contributed by atoms with van der Waals surface area (Å²) in [5.41, 5.74) is 0.610. The van der Waals surface area contributed by atoms with Gasteiger partial charge in [-0.15, -0.1) is 0 Å². The summed E-state index contributed by atoms with van der Waals surface area (Å²) in [5, 5.41) is 0. The van der Waals surface area contributed by atoms with Gasteiger partial charge < -0.3 is 4.57 Å². The minimum Gasteiger partial charge on any atom is -0.336 e. The number of nitrogens with zero attached hydrogens (tertiary/aromatic N) is 4. The first-order valence-electron chi connectivity index (χ1n) is 7.93. The predicted molar refractivity (Wildman–Crippen MR) is 89.3 cm³/mol. The fourth-order valence-corrected chi connectivity index (χ4v) is 4.31. The van der Waals surface area contributed by atoms with E-state index in [1.165, 1.54) is 28.6 Å². The zero-order chi connectivity index (χ0) is 17.0. The van der Waals surface area contributed by atoms with Crippen LogP contribution >= 0.6 is 0 Å². The second-order valence-electron chi connectivity index (χ2n) is 5.92. The van der Waals surface area contributed by atoms with E-state index in [-0.39, 0.29) is 11.6 Å². The molecule has 8 heteroatoms. The minimum atomic E-state index is -3.36. The van der Waals surface area contributed by atoms with Crippen LogP contribution in [0.5, 0.6) is 0 Å². The Hall–Kier alpha value is -1.77. The lowest BCUT2D eigenvalue weighted by molar-refractivity contribution is 0.183. The van der Waals surface area contributed by atoms with Crippen LogP contribution in [0, 0.1) is 5.82 Å². The first-order chi connectivity index (χ1) is 11.5. The highest BCUT2D eigenvalue weighted by molar-refractivity contribution is 7.88. The Morgan fingerprint density at radius 3 is 2.38 bits per heavy atom. The number of imidazole rings is 1. The molecule has 0 aliphatic carbocycles. The second-order valence-corrected chi connectivity index (χ2v) is 7.89. The van der Waals surface area contributed by atoms with E-state index in [1.54, 1.807) is 12.5 Å². The number of rotatable bonds is 6. The van der Waals surface area contributed by atoms with Crippen molar-refractivity contribution in [2.24, 2.45) is 0 Å². The van der Waals surface area contributed by atoms with Crippen LogP contribution in [0.4, 0.5) is 4.39 Å². The van der Waals surface area contributed by atoms with E-state index in [0.717, 1.165) is 26.2 Å². The lowest BCUT2D eigenvalue weighted by Gasteiger charge is -2.34. The van der Waals surface area contributed by atoms with Gasteiger partial charge in [0.25, 0.3) is 0 Å². The predicted octanol–water partition coefficient (Wildman–Crippen LogP) is 1.17. The molecule has 0 spiro atoms. The van der Waals surface area contributed by atoms with E-state index in [2.05, 4.69) is 9.88 Å². The van der Waals surface area contributed by atoms with E-state index >= 15 is 0 Å². The Labute approximate surface area is 141 Å². The van der Waals surface area contributed by atoms with Crippen molar-refractivity contribution in [2.75, 3.05) is 32.7 Å².